The van der Waals surface area contributed by atoms with Gasteiger partial charge in [-0.15, -0.1) is 11.8 Å². The van der Waals surface area contributed by atoms with Crippen molar-refractivity contribution in [3.63, 3.8) is 0 Å². The van der Waals surface area contributed by atoms with Gasteiger partial charge < -0.3 is 9.13 Å². The second kappa shape index (κ2) is 8.63. The Labute approximate surface area is 251 Å². The van der Waals surface area contributed by atoms with Crippen LogP contribution in [0.5, 0.6) is 0 Å². The fourth-order valence-corrected chi connectivity index (χ4v) is 8.04. The van der Waals surface area contributed by atoms with E-state index in [1.54, 1.807) is 0 Å². The van der Waals surface area contributed by atoms with Gasteiger partial charge in [-0.2, -0.15) is 0 Å². The fourth-order valence-electron chi connectivity index (χ4n) is 7.10. The van der Waals surface area contributed by atoms with Gasteiger partial charge in [-0.1, -0.05) is 66.7 Å². The molecule has 4 nitrogen and oxygen atoms in total. The average Bonchev–Trinajstić information content (AvgIpc) is 3.72. The summed E-state index contributed by atoms with van der Waals surface area (Å²) in [5, 5.41) is 5.05. The van der Waals surface area contributed by atoms with Crippen LogP contribution in [0.1, 0.15) is 5.82 Å². The lowest BCUT2D eigenvalue weighted by molar-refractivity contribution is 0.941. The Morgan fingerprint density at radius 2 is 1.00 bits per heavy atom. The van der Waals surface area contributed by atoms with Crippen molar-refractivity contribution in [1.82, 2.24) is 18.7 Å². The zero-order valence-corrected chi connectivity index (χ0v) is 23.9. The molecule has 0 saturated heterocycles. The first-order valence-corrected chi connectivity index (χ1v) is 15.6. The van der Waals surface area contributed by atoms with Gasteiger partial charge in [-0.25, -0.2) is 4.98 Å². The summed E-state index contributed by atoms with van der Waals surface area (Å²) in [5.74, 6) is 1.98. The zero-order chi connectivity index (χ0) is 28.1. The van der Waals surface area contributed by atoms with Crippen LogP contribution in [0.15, 0.2) is 138 Å². The third-order valence-corrected chi connectivity index (χ3v) is 9.98. The Morgan fingerprint density at radius 3 is 1.70 bits per heavy atom. The number of fused-ring (bicyclic) bond motifs is 11. The number of hydrogen-bond donors (Lipinski definition) is 0. The van der Waals surface area contributed by atoms with E-state index in [1.165, 1.54) is 59.9 Å². The lowest BCUT2D eigenvalue weighted by Crippen LogP contribution is -2.07. The van der Waals surface area contributed by atoms with Crippen LogP contribution in [0.4, 0.5) is 0 Å². The van der Waals surface area contributed by atoms with Crippen molar-refractivity contribution < 1.29 is 0 Å². The molecule has 5 heteroatoms. The first-order valence-electron chi connectivity index (χ1n) is 14.6. The van der Waals surface area contributed by atoms with Crippen molar-refractivity contribution in [2.24, 2.45) is 0 Å². The van der Waals surface area contributed by atoms with Gasteiger partial charge in [0.15, 0.2) is 0 Å². The van der Waals surface area contributed by atoms with E-state index in [4.69, 9.17) is 4.98 Å². The molecule has 0 aliphatic carbocycles. The fraction of sp³-hybridized carbons (Fsp3) is 0.0263. The summed E-state index contributed by atoms with van der Waals surface area (Å²) in [6, 6.07) is 48.4. The Hall–Kier alpha value is -5.26. The lowest BCUT2D eigenvalue weighted by atomic mass is 10.1. The lowest BCUT2D eigenvalue weighted by Gasteiger charge is -2.20. The topological polar surface area (TPSA) is 27.7 Å². The van der Waals surface area contributed by atoms with E-state index >= 15 is 0 Å². The van der Waals surface area contributed by atoms with Crippen LogP contribution in [-0.2, 0) is 5.75 Å². The summed E-state index contributed by atoms with van der Waals surface area (Å²) in [6.07, 6.45) is 0. The summed E-state index contributed by atoms with van der Waals surface area (Å²) < 4.78 is 7.16. The maximum absolute atomic E-state index is 4.95. The van der Waals surface area contributed by atoms with Crippen molar-refractivity contribution in [2.75, 3.05) is 0 Å². The van der Waals surface area contributed by atoms with Crippen molar-refractivity contribution >= 4 is 66.4 Å². The molecule has 1 aliphatic rings. The minimum absolute atomic E-state index is 0.877. The second-order valence-corrected chi connectivity index (χ2v) is 12.2. The first-order chi connectivity index (χ1) is 21.3. The largest absolute Gasteiger partial charge is 0.309 e. The van der Waals surface area contributed by atoms with Gasteiger partial charge in [-0.3, -0.25) is 4.57 Å². The monoisotopic (exact) mass is 568 g/mol. The van der Waals surface area contributed by atoms with Crippen LogP contribution in [0.2, 0.25) is 0 Å². The van der Waals surface area contributed by atoms with Crippen molar-refractivity contribution in [3.05, 3.63) is 139 Å². The molecule has 0 fully saturated rings. The Bertz CT molecular complexity index is 2530. The van der Waals surface area contributed by atoms with E-state index in [0.717, 1.165) is 28.3 Å². The Kier molecular flexibility index (Phi) is 4.68. The van der Waals surface area contributed by atoms with Crippen molar-refractivity contribution in [1.29, 1.82) is 0 Å². The third kappa shape index (κ3) is 3.20. The van der Waals surface area contributed by atoms with Crippen LogP contribution in [0, 0.1) is 0 Å². The third-order valence-electron chi connectivity index (χ3n) is 8.92. The van der Waals surface area contributed by atoms with E-state index in [2.05, 4.69) is 147 Å². The SMILES string of the molecule is c1ccc2c(c1)nc1n2-c2cc(-n3c4ccccc4c4cc(-n5c6ccccc6c6ccccc65)ccc43)ccc2SC1. The molecule has 0 bridgehead atoms. The van der Waals surface area contributed by atoms with E-state index in [0.29, 0.717) is 0 Å². The maximum atomic E-state index is 4.95. The summed E-state index contributed by atoms with van der Waals surface area (Å²) >= 11 is 1.87. The molecule has 9 aromatic rings. The molecule has 1 aliphatic heterocycles. The Balaban J connectivity index is 1.23. The number of hydrogen-bond acceptors (Lipinski definition) is 2. The van der Waals surface area contributed by atoms with Crippen LogP contribution < -0.4 is 0 Å². The minimum atomic E-state index is 0.877. The van der Waals surface area contributed by atoms with Crippen LogP contribution in [0.25, 0.3) is 71.7 Å². The van der Waals surface area contributed by atoms with Gasteiger partial charge in [0, 0.05) is 37.8 Å². The zero-order valence-electron chi connectivity index (χ0n) is 23.1. The molecule has 10 rings (SSSR count). The van der Waals surface area contributed by atoms with E-state index < -0.39 is 0 Å². The summed E-state index contributed by atoms with van der Waals surface area (Å²) in [7, 11) is 0. The Morgan fingerprint density at radius 1 is 0.465 bits per heavy atom. The molecule has 0 spiro atoms. The molecular formula is C38H24N4S. The highest BCUT2D eigenvalue weighted by molar-refractivity contribution is 7.98. The molecule has 6 aromatic carbocycles. The van der Waals surface area contributed by atoms with Crippen LogP contribution in [0.3, 0.4) is 0 Å². The number of rotatable bonds is 2. The van der Waals surface area contributed by atoms with Gasteiger partial charge >= 0.3 is 0 Å². The molecule has 0 radical (unpaired) electrons. The van der Waals surface area contributed by atoms with E-state index in [9.17, 15) is 0 Å². The van der Waals surface area contributed by atoms with E-state index in [1.807, 2.05) is 11.8 Å². The summed E-state index contributed by atoms with van der Waals surface area (Å²) in [4.78, 5) is 6.24. The average molecular weight is 569 g/mol. The molecule has 0 unspecified atom stereocenters. The predicted molar refractivity (Wildman–Crippen MR) is 179 cm³/mol. The number of imidazole rings is 1. The molecule has 202 valence electrons. The number of para-hydroxylation sites is 5. The molecular weight excluding hydrogens is 545 g/mol. The number of thioether (sulfide) groups is 1. The highest BCUT2D eigenvalue weighted by atomic mass is 32.2. The molecule has 4 heterocycles. The predicted octanol–water partition coefficient (Wildman–Crippen LogP) is 9.83. The normalized spacial score (nSPS) is 12.9. The van der Waals surface area contributed by atoms with Crippen LogP contribution >= 0.6 is 11.8 Å². The van der Waals surface area contributed by atoms with Crippen LogP contribution in [-0.4, -0.2) is 18.7 Å². The maximum Gasteiger partial charge on any atom is 0.124 e. The molecule has 0 amide bonds. The summed E-state index contributed by atoms with van der Waals surface area (Å²) in [6.45, 7) is 0. The molecule has 0 saturated carbocycles. The van der Waals surface area contributed by atoms with Gasteiger partial charge in [0.1, 0.15) is 5.82 Å². The number of aromatic nitrogens is 4. The minimum Gasteiger partial charge on any atom is -0.309 e. The highest BCUT2D eigenvalue weighted by Gasteiger charge is 2.22. The number of nitrogens with zero attached hydrogens (tertiary/aromatic N) is 4. The first kappa shape index (κ1) is 23.3. The van der Waals surface area contributed by atoms with Gasteiger partial charge in [0.05, 0.1) is 44.5 Å². The van der Waals surface area contributed by atoms with Gasteiger partial charge in [0.2, 0.25) is 0 Å². The quantitative estimate of drug-likeness (QED) is 0.208. The van der Waals surface area contributed by atoms with E-state index in [-0.39, 0.29) is 0 Å². The van der Waals surface area contributed by atoms with Gasteiger partial charge in [-0.05, 0) is 66.7 Å². The standard InChI is InChI=1S/C38H24N4S/c1-5-13-31-26(9-1)27-10-2-6-14-32(27)40(31)24-17-19-34-29(21-24)28-11-3-7-15-33(28)41(34)25-18-20-37-36(22-25)42-35-16-8-4-12-30(35)39-38(42)23-43-37/h1-22H,23H2. The second-order valence-electron chi connectivity index (χ2n) is 11.2. The molecule has 0 atom stereocenters. The van der Waals surface area contributed by atoms with Crippen molar-refractivity contribution in [3.8, 4) is 17.1 Å². The smallest absolute Gasteiger partial charge is 0.124 e. The van der Waals surface area contributed by atoms with Crippen molar-refractivity contribution in [2.45, 2.75) is 10.6 Å². The summed E-state index contributed by atoms with van der Waals surface area (Å²) in [5.41, 5.74) is 10.6. The number of benzene rings is 6. The van der Waals surface area contributed by atoms with Gasteiger partial charge in [0.25, 0.3) is 0 Å². The molecule has 43 heavy (non-hydrogen) atoms. The highest BCUT2D eigenvalue weighted by Crippen LogP contribution is 2.41. The molecule has 0 N–H and O–H groups in total. The molecule has 3 aromatic heterocycles.